The number of aryl methyl sites for hydroxylation is 2. The van der Waals surface area contributed by atoms with Gasteiger partial charge in [-0.1, -0.05) is 6.07 Å². The van der Waals surface area contributed by atoms with E-state index in [4.69, 9.17) is 10.7 Å². The van der Waals surface area contributed by atoms with Crippen molar-refractivity contribution in [2.45, 2.75) is 32.2 Å². The molecule has 3 nitrogen and oxygen atoms in total. The molecule has 21 heavy (non-hydrogen) atoms. The average molecular weight is 283 g/mol. The molecule has 0 radical (unpaired) electrons. The van der Waals surface area contributed by atoms with Gasteiger partial charge in [0, 0.05) is 30.0 Å². The van der Waals surface area contributed by atoms with Gasteiger partial charge in [-0.3, -0.25) is 0 Å². The second-order valence-electron chi connectivity index (χ2n) is 5.81. The summed E-state index contributed by atoms with van der Waals surface area (Å²) in [4.78, 5) is 6.98. The normalized spacial score (nSPS) is 16.2. The topological polar surface area (TPSA) is 42.1 Å². The summed E-state index contributed by atoms with van der Waals surface area (Å²) in [7, 11) is 0. The summed E-state index contributed by atoms with van der Waals surface area (Å²) in [5, 5.41) is 0. The molecule has 2 aliphatic rings. The highest BCUT2D eigenvalue weighted by Gasteiger charge is 2.25. The first kappa shape index (κ1) is 12.8. The minimum atomic E-state index is -0.198. The van der Waals surface area contributed by atoms with Gasteiger partial charge in [0.15, 0.2) is 0 Å². The van der Waals surface area contributed by atoms with Crippen molar-refractivity contribution >= 4 is 11.5 Å². The van der Waals surface area contributed by atoms with E-state index < -0.39 is 0 Å². The summed E-state index contributed by atoms with van der Waals surface area (Å²) in [6.07, 6.45) is 4.23. The van der Waals surface area contributed by atoms with Gasteiger partial charge in [-0.15, -0.1) is 0 Å². The predicted molar refractivity (Wildman–Crippen MR) is 81.3 cm³/mol. The number of aromatic nitrogens is 1. The van der Waals surface area contributed by atoms with Crippen LogP contribution < -0.4 is 10.6 Å². The smallest absolute Gasteiger partial charge is 0.137 e. The van der Waals surface area contributed by atoms with E-state index in [1.807, 2.05) is 6.07 Å². The molecule has 0 unspecified atom stereocenters. The number of anilines is 2. The second kappa shape index (κ2) is 4.81. The third-order valence-corrected chi connectivity index (χ3v) is 4.53. The van der Waals surface area contributed by atoms with Crippen molar-refractivity contribution in [2.24, 2.45) is 5.73 Å². The van der Waals surface area contributed by atoms with E-state index in [1.54, 1.807) is 6.07 Å². The number of nitrogens with zero attached hydrogens (tertiary/aromatic N) is 2. The molecule has 0 saturated carbocycles. The molecule has 1 aliphatic carbocycles. The first-order chi connectivity index (χ1) is 10.3. The summed E-state index contributed by atoms with van der Waals surface area (Å²) in [5.41, 5.74) is 11.6. The molecule has 108 valence electrons. The van der Waals surface area contributed by atoms with Gasteiger partial charge in [-0.25, -0.2) is 9.37 Å². The van der Waals surface area contributed by atoms with Crippen LogP contribution in [0.5, 0.6) is 0 Å². The zero-order valence-electron chi connectivity index (χ0n) is 11.9. The molecule has 0 bridgehead atoms. The fourth-order valence-electron chi connectivity index (χ4n) is 3.47. The molecule has 1 aromatic carbocycles. The SMILES string of the molecule is NCc1cc2c(nc1N1CCc3ccc(F)cc31)CCC2. The number of hydrogen-bond donors (Lipinski definition) is 1. The van der Waals surface area contributed by atoms with Crippen LogP contribution in [-0.4, -0.2) is 11.5 Å². The van der Waals surface area contributed by atoms with Gasteiger partial charge in [0.05, 0.1) is 0 Å². The van der Waals surface area contributed by atoms with E-state index in [0.717, 1.165) is 42.9 Å². The molecule has 0 atom stereocenters. The van der Waals surface area contributed by atoms with Crippen LogP contribution in [0.1, 0.15) is 28.8 Å². The third-order valence-electron chi connectivity index (χ3n) is 4.53. The Morgan fingerprint density at radius 2 is 2.05 bits per heavy atom. The Bertz CT molecular complexity index is 711. The minimum Gasteiger partial charge on any atom is -0.326 e. The standard InChI is InChI=1S/C17H18FN3/c18-14-5-4-11-6-7-21(16(11)9-14)17-13(10-19)8-12-2-1-3-15(12)20-17/h4-5,8-9H,1-3,6-7,10,19H2. The van der Waals surface area contributed by atoms with Gasteiger partial charge in [0.2, 0.25) is 0 Å². The van der Waals surface area contributed by atoms with Crippen molar-refractivity contribution in [1.29, 1.82) is 0 Å². The fourth-order valence-corrected chi connectivity index (χ4v) is 3.47. The van der Waals surface area contributed by atoms with Crippen molar-refractivity contribution in [3.8, 4) is 0 Å². The molecule has 0 fully saturated rings. The van der Waals surface area contributed by atoms with E-state index in [2.05, 4.69) is 11.0 Å². The monoisotopic (exact) mass is 283 g/mol. The molecule has 0 spiro atoms. The van der Waals surface area contributed by atoms with Crippen molar-refractivity contribution in [3.63, 3.8) is 0 Å². The quantitative estimate of drug-likeness (QED) is 0.921. The molecule has 1 aromatic heterocycles. The zero-order chi connectivity index (χ0) is 14.4. The number of pyridine rings is 1. The lowest BCUT2D eigenvalue weighted by Gasteiger charge is -2.22. The van der Waals surface area contributed by atoms with Crippen molar-refractivity contribution in [1.82, 2.24) is 4.98 Å². The van der Waals surface area contributed by atoms with Gasteiger partial charge in [0.1, 0.15) is 11.6 Å². The Morgan fingerprint density at radius 3 is 2.90 bits per heavy atom. The third kappa shape index (κ3) is 2.02. The first-order valence-electron chi connectivity index (χ1n) is 7.54. The molecule has 4 heteroatoms. The molecular weight excluding hydrogens is 265 g/mol. The molecule has 2 N–H and O–H groups in total. The zero-order valence-corrected chi connectivity index (χ0v) is 11.9. The molecule has 4 rings (SSSR count). The maximum atomic E-state index is 13.6. The molecular formula is C17H18FN3. The fraction of sp³-hybridized carbons (Fsp3) is 0.353. The van der Waals surface area contributed by atoms with Gasteiger partial charge in [-0.2, -0.15) is 0 Å². The number of nitrogens with two attached hydrogens (primary N) is 1. The van der Waals surface area contributed by atoms with Gasteiger partial charge < -0.3 is 10.6 Å². The van der Waals surface area contributed by atoms with Crippen LogP contribution in [-0.2, 0) is 25.8 Å². The molecule has 2 heterocycles. The number of halogens is 1. The van der Waals surface area contributed by atoms with E-state index in [1.165, 1.54) is 29.3 Å². The highest BCUT2D eigenvalue weighted by molar-refractivity contribution is 5.70. The van der Waals surface area contributed by atoms with E-state index in [-0.39, 0.29) is 5.82 Å². The molecule has 0 saturated heterocycles. The van der Waals surface area contributed by atoms with Crippen LogP contribution in [0.15, 0.2) is 24.3 Å². The van der Waals surface area contributed by atoms with Crippen LogP contribution in [0.2, 0.25) is 0 Å². The highest BCUT2D eigenvalue weighted by atomic mass is 19.1. The molecule has 0 amide bonds. The number of rotatable bonds is 2. The van der Waals surface area contributed by atoms with Crippen LogP contribution in [0.3, 0.4) is 0 Å². The first-order valence-corrected chi connectivity index (χ1v) is 7.54. The van der Waals surface area contributed by atoms with Crippen LogP contribution in [0.25, 0.3) is 0 Å². The van der Waals surface area contributed by atoms with Crippen molar-refractivity contribution in [3.05, 3.63) is 52.5 Å². The minimum absolute atomic E-state index is 0.198. The maximum absolute atomic E-state index is 13.6. The van der Waals surface area contributed by atoms with Crippen LogP contribution in [0.4, 0.5) is 15.9 Å². The summed E-state index contributed by atoms with van der Waals surface area (Å²) in [6.45, 7) is 1.31. The van der Waals surface area contributed by atoms with Gasteiger partial charge >= 0.3 is 0 Å². The Labute approximate surface area is 123 Å². The van der Waals surface area contributed by atoms with Crippen molar-refractivity contribution < 1.29 is 4.39 Å². The lowest BCUT2D eigenvalue weighted by molar-refractivity contribution is 0.628. The largest absolute Gasteiger partial charge is 0.326 e. The Kier molecular flexibility index (Phi) is 2.93. The van der Waals surface area contributed by atoms with Gasteiger partial charge in [0.25, 0.3) is 0 Å². The number of hydrogen-bond acceptors (Lipinski definition) is 3. The molecule has 2 aromatic rings. The van der Waals surface area contributed by atoms with E-state index >= 15 is 0 Å². The van der Waals surface area contributed by atoms with Crippen molar-refractivity contribution in [2.75, 3.05) is 11.4 Å². The van der Waals surface area contributed by atoms with Gasteiger partial charge in [-0.05, 0) is 55.0 Å². The Morgan fingerprint density at radius 1 is 1.14 bits per heavy atom. The lowest BCUT2D eigenvalue weighted by atomic mass is 10.1. The highest BCUT2D eigenvalue weighted by Crippen LogP contribution is 2.37. The maximum Gasteiger partial charge on any atom is 0.137 e. The average Bonchev–Trinajstić information content (AvgIpc) is 3.10. The summed E-state index contributed by atoms with van der Waals surface area (Å²) in [5.74, 6) is 0.721. The van der Waals surface area contributed by atoms with Crippen LogP contribution >= 0.6 is 0 Å². The van der Waals surface area contributed by atoms with E-state index in [9.17, 15) is 4.39 Å². The summed E-state index contributed by atoms with van der Waals surface area (Å²) >= 11 is 0. The number of benzene rings is 1. The summed E-state index contributed by atoms with van der Waals surface area (Å²) < 4.78 is 13.6. The number of fused-ring (bicyclic) bond motifs is 2. The second-order valence-corrected chi connectivity index (χ2v) is 5.81. The predicted octanol–water partition coefficient (Wildman–Crippen LogP) is 2.86. The van der Waals surface area contributed by atoms with E-state index in [0.29, 0.717) is 6.54 Å². The summed E-state index contributed by atoms with van der Waals surface area (Å²) in [6, 6.07) is 7.21. The lowest BCUT2D eigenvalue weighted by Crippen LogP contribution is -2.19. The molecule has 1 aliphatic heterocycles. The Hall–Kier alpha value is -1.94. The van der Waals surface area contributed by atoms with Crippen LogP contribution in [0, 0.1) is 5.82 Å². The Balaban J connectivity index is 1.83.